The summed E-state index contributed by atoms with van der Waals surface area (Å²) >= 11 is 0. The monoisotopic (exact) mass is 390 g/mol. The number of rotatable bonds is 7. The van der Waals surface area contributed by atoms with Crippen LogP contribution in [-0.4, -0.2) is 28.3 Å². The van der Waals surface area contributed by atoms with Crippen molar-refractivity contribution in [3.63, 3.8) is 0 Å². The van der Waals surface area contributed by atoms with E-state index >= 15 is 0 Å². The molecule has 0 spiro atoms. The van der Waals surface area contributed by atoms with E-state index in [-0.39, 0.29) is 17.4 Å². The average Bonchev–Trinajstić information content (AvgIpc) is 2.69. The highest BCUT2D eigenvalue weighted by Gasteiger charge is 2.13. The van der Waals surface area contributed by atoms with Crippen molar-refractivity contribution < 1.29 is 14.3 Å². The van der Waals surface area contributed by atoms with Gasteiger partial charge in [-0.15, -0.1) is 0 Å². The van der Waals surface area contributed by atoms with Crippen molar-refractivity contribution in [2.75, 3.05) is 17.2 Å². The Kier molecular flexibility index (Phi) is 6.19. The number of ketones is 1. The maximum Gasteiger partial charge on any atom is 0.274 e. The van der Waals surface area contributed by atoms with Gasteiger partial charge in [-0.3, -0.25) is 9.59 Å². The van der Waals surface area contributed by atoms with E-state index in [4.69, 9.17) is 4.74 Å². The van der Waals surface area contributed by atoms with Crippen LogP contribution >= 0.6 is 0 Å². The van der Waals surface area contributed by atoms with Crippen LogP contribution in [0.2, 0.25) is 0 Å². The Labute approximate surface area is 169 Å². The molecule has 0 saturated heterocycles. The van der Waals surface area contributed by atoms with Gasteiger partial charge in [0.15, 0.2) is 5.78 Å². The molecule has 0 unspecified atom stereocenters. The Morgan fingerprint density at radius 2 is 1.76 bits per heavy atom. The van der Waals surface area contributed by atoms with Crippen molar-refractivity contribution in [1.82, 2.24) is 9.97 Å². The molecule has 0 radical (unpaired) electrons. The number of nitrogens with one attached hydrogen (secondary N) is 2. The van der Waals surface area contributed by atoms with E-state index in [1.54, 1.807) is 49.4 Å². The largest absolute Gasteiger partial charge is 0.492 e. The number of benzene rings is 2. The van der Waals surface area contributed by atoms with Gasteiger partial charge in [-0.05, 0) is 57.2 Å². The standard InChI is InChI=1S/C22H22N4O3/c1-4-29-20-8-6-5-7-18(20)26-22(28)19-13-21(24-15(3)23-19)25-17-11-9-16(10-12-17)14(2)27/h5-13H,4H2,1-3H3,(H,26,28)(H,23,24,25). The number of hydrogen-bond acceptors (Lipinski definition) is 6. The third-order valence-electron chi connectivity index (χ3n) is 4.07. The van der Waals surface area contributed by atoms with E-state index in [1.807, 2.05) is 19.1 Å². The predicted molar refractivity (Wildman–Crippen MR) is 112 cm³/mol. The van der Waals surface area contributed by atoms with Gasteiger partial charge in [0, 0.05) is 17.3 Å². The number of carbonyl (C=O) groups excluding carboxylic acids is 2. The molecule has 3 rings (SSSR count). The minimum Gasteiger partial charge on any atom is -0.492 e. The molecule has 0 aliphatic rings. The molecule has 1 amide bonds. The molecule has 0 fully saturated rings. The highest BCUT2D eigenvalue weighted by atomic mass is 16.5. The lowest BCUT2D eigenvalue weighted by Gasteiger charge is -2.12. The van der Waals surface area contributed by atoms with Crippen LogP contribution in [0.15, 0.2) is 54.6 Å². The zero-order valence-corrected chi connectivity index (χ0v) is 16.5. The maximum atomic E-state index is 12.7. The molecule has 7 nitrogen and oxygen atoms in total. The van der Waals surface area contributed by atoms with Crippen molar-refractivity contribution >= 4 is 28.9 Å². The first-order chi connectivity index (χ1) is 14.0. The number of hydrogen-bond donors (Lipinski definition) is 2. The van der Waals surface area contributed by atoms with E-state index in [1.165, 1.54) is 6.92 Å². The topological polar surface area (TPSA) is 93.2 Å². The lowest BCUT2D eigenvalue weighted by Crippen LogP contribution is -2.16. The SMILES string of the molecule is CCOc1ccccc1NC(=O)c1cc(Nc2ccc(C(C)=O)cc2)nc(C)n1. The van der Waals surface area contributed by atoms with E-state index in [0.717, 1.165) is 5.69 Å². The summed E-state index contributed by atoms with van der Waals surface area (Å²) in [5.74, 6) is 1.17. The molecule has 0 atom stereocenters. The molecule has 29 heavy (non-hydrogen) atoms. The van der Waals surface area contributed by atoms with Gasteiger partial charge in [-0.25, -0.2) is 9.97 Å². The Morgan fingerprint density at radius 3 is 2.45 bits per heavy atom. The summed E-state index contributed by atoms with van der Waals surface area (Å²) < 4.78 is 5.54. The second kappa shape index (κ2) is 8.97. The summed E-state index contributed by atoms with van der Waals surface area (Å²) in [5.41, 5.74) is 2.18. The first kappa shape index (κ1) is 20.0. The van der Waals surface area contributed by atoms with Gasteiger partial charge in [-0.1, -0.05) is 12.1 Å². The normalized spacial score (nSPS) is 10.3. The van der Waals surface area contributed by atoms with Gasteiger partial charge in [0.25, 0.3) is 5.91 Å². The van der Waals surface area contributed by atoms with Crippen LogP contribution in [0.3, 0.4) is 0 Å². The van der Waals surface area contributed by atoms with Crippen LogP contribution in [0.4, 0.5) is 17.2 Å². The number of nitrogens with zero attached hydrogens (tertiary/aromatic N) is 2. The number of para-hydroxylation sites is 2. The van der Waals surface area contributed by atoms with Crippen LogP contribution in [-0.2, 0) is 0 Å². The minimum atomic E-state index is -0.363. The summed E-state index contributed by atoms with van der Waals surface area (Å²) in [5, 5.41) is 5.96. The van der Waals surface area contributed by atoms with Gasteiger partial charge in [0.1, 0.15) is 23.1 Å². The van der Waals surface area contributed by atoms with E-state index in [9.17, 15) is 9.59 Å². The van der Waals surface area contributed by atoms with Crippen LogP contribution in [0.25, 0.3) is 0 Å². The fraction of sp³-hybridized carbons (Fsp3) is 0.182. The molecule has 1 heterocycles. The third kappa shape index (κ3) is 5.16. The molecular weight excluding hydrogens is 368 g/mol. The summed E-state index contributed by atoms with van der Waals surface area (Å²) in [6.07, 6.45) is 0. The lowest BCUT2D eigenvalue weighted by molar-refractivity contribution is 0.101. The number of anilines is 3. The van der Waals surface area contributed by atoms with E-state index < -0.39 is 0 Å². The van der Waals surface area contributed by atoms with Crippen molar-refractivity contribution in [3.8, 4) is 5.75 Å². The van der Waals surface area contributed by atoms with Crippen LogP contribution < -0.4 is 15.4 Å². The quantitative estimate of drug-likeness (QED) is 0.582. The second-order valence-electron chi connectivity index (χ2n) is 6.33. The lowest BCUT2D eigenvalue weighted by atomic mass is 10.1. The first-order valence-electron chi connectivity index (χ1n) is 9.23. The summed E-state index contributed by atoms with van der Waals surface area (Å²) in [6, 6.07) is 15.8. The predicted octanol–water partition coefficient (Wildman–Crippen LogP) is 4.38. The van der Waals surface area contributed by atoms with Gasteiger partial charge < -0.3 is 15.4 Å². The van der Waals surface area contributed by atoms with E-state index in [2.05, 4.69) is 20.6 Å². The van der Waals surface area contributed by atoms with Gasteiger partial charge in [0.2, 0.25) is 0 Å². The summed E-state index contributed by atoms with van der Waals surface area (Å²) in [6.45, 7) is 5.61. The fourth-order valence-corrected chi connectivity index (χ4v) is 2.72. The van der Waals surface area contributed by atoms with Crippen molar-refractivity contribution in [2.45, 2.75) is 20.8 Å². The fourth-order valence-electron chi connectivity index (χ4n) is 2.72. The molecule has 3 aromatic rings. The minimum absolute atomic E-state index is 0.000668. The molecule has 2 N–H and O–H groups in total. The Morgan fingerprint density at radius 1 is 1.03 bits per heavy atom. The molecule has 0 saturated carbocycles. The van der Waals surface area contributed by atoms with Crippen molar-refractivity contribution in [1.29, 1.82) is 0 Å². The van der Waals surface area contributed by atoms with Crippen molar-refractivity contribution in [2.24, 2.45) is 0 Å². The first-order valence-corrected chi connectivity index (χ1v) is 9.23. The number of ether oxygens (including phenoxy) is 1. The molecule has 2 aromatic carbocycles. The highest BCUT2D eigenvalue weighted by Crippen LogP contribution is 2.24. The molecule has 7 heteroatoms. The Hall–Kier alpha value is -3.74. The van der Waals surface area contributed by atoms with Crippen LogP contribution in [0.5, 0.6) is 5.75 Å². The Balaban J connectivity index is 1.79. The molecule has 1 aromatic heterocycles. The summed E-state index contributed by atoms with van der Waals surface area (Å²) in [4.78, 5) is 32.7. The summed E-state index contributed by atoms with van der Waals surface area (Å²) in [7, 11) is 0. The molecule has 0 aliphatic heterocycles. The third-order valence-corrected chi connectivity index (χ3v) is 4.07. The number of carbonyl (C=O) groups is 2. The number of Topliss-reactive ketones (excluding diaryl/α,β-unsaturated/α-hetero) is 1. The number of aromatic nitrogens is 2. The zero-order valence-electron chi connectivity index (χ0n) is 16.5. The van der Waals surface area contributed by atoms with Crippen LogP contribution in [0.1, 0.15) is 40.5 Å². The number of amides is 1. The van der Waals surface area contributed by atoms with Gasteiger partial charge in [-0.2, -0.15) is 0 Å². The van der Waals surface area contributed by atoms with Crippen molar-refractivity contribution in [3.05, 3.63) is 71.7 Å². The smallest absolute Gasteiger partial charge is 0.274 e. The molecule has 148 valence electrons. The molecular formula is C22H22N4O3. The molecule has 0 bridgehead atoms. The molecule has 0 aliphatic carbocycles. The van der Waals surface area contributed by atoms with Crippen LogP contribution in [0, 0.1) is 6.92 Å². The average molecular weight is 390 g/mol. The zero-order chi connectivity index (χ0) is 20.8. The second-order valence-corrected chi connectivity index (χ2v) is 6.33. The number of aryl methyl sites for hydroxylation is 1. The van der Waals surface area contributed by atoms with E-state index in [0.29, 0.717) is 35.2 Å². The highest BCUT2D eigenvalue weighted by molar-refractivity contribution is 6.04. The maximum absolute atomic E-state index is 12.7. The van der Waals surface area contributed by atoms with Gasteiger partial charge in [0.05, 0.1) is 12.3 Å². The van der Waals surface area contributed by atoms with Gasteiger partial charge >= 0.3 is 0 Å². The Bertz CT molecular complexity index is 1030.